The largest absolute Gasteiger partial charge is 0.371 e. The lowest BCUT2D eigenvalue weighted by molar-refractivity contribution is 0.412. The molecule has 0 amide bonds. The molecule has 26 heavy (non-hydrogen) atoms. The fourth-order valence-electron chi connectivity index (χ4n) is 3.53. The van der Waals surface area contributed by atoms with Gasteiger partial charge in [-0.3, -0.25) is 0 Å². The zero-order chi connectivity index (χ0) is 17.6. The Morgan fingerprint density at radius 1 is 0.923 bits per heavy atom. The Morgan fingerprint density at radius 2 is 1.73 bits per heavy atom. The molecular formula is C22H24N4. The van der Waals surface area contributed by atoms with Crippen molar-refractivity contribution in [1.82, 2.24) is 15.3 Å². The first-order valence-electron chi connectivity index (χ1n) is 9.27. The predicted octanol–water partition coefficient (Wildman–Crippen LogP) is 3.90. The van der Waals surface area contributed by atoms with Crippen LogP contribution in [0.2, 0.25) is 0 Å². The highest BCUT2D eigenvalue weighted by atomic mass is 15.1. The Kier molecular flexibility index (Phi) is 5.22. The van der Waals surface area contributed by atoms with Crippen LogP contribution in [0.1, 0.15) is 18.5 Å². The van der Waals surface area contributed by atoms with Crippen molar-refractivity contribution in [2.75, 3.05) is 18.0 Å². The van der Waals surface area contributed by atoms with Crippen LogP contribution in [-0.4, -0.2) is 29.1 Å². The van der Waals surface area contributed by atoms with Crippen molar-refractivity contribution in [3.8, 4) is 11.1 Å². The topological polar surface area (TPSA) is 41.0 Å². The van der Waals surface area contributed by atoms with Crippen LogP contribution in [0.3, 0.4) is 0 Å². The van der Waals surface area contributed by atoms with E-state index in [9.17, 15) is 0 Å². The minimum Gasteiger partial charge on any atom is -0.371 e. The van der Waals surface area contributed by atoms with Gasteiger partial charge in [-0.15, -0.1) is 0 Å². The summed E-state index contributed by atoms with van der Waals surface area (Å²) in [6.07, 6.45) is 5.72. The molecule has 0 spiro atoms. The van der Waals surface area contributed by atoms with Crippen LogP contribution in [0.25, 0.3) is 11.1 Å². The summed E-state index contributed by atoms with van der Waals surface area (Å²) in [6.45, 7) is 2.98. The van der Waals surface area contributed by atoms with E-state index in [1.54, 1.807) is 12.5 Å². The number of benzene rings is 2. The first-order chi connectivity index (χ1) is 12.9. The molecule has 0 saturated carbocycles. The SMILES string of the molecule is c1ccc(-c2cccc(N3CCC(NCc4ccncn4)CC3)c2)cc1. The van der Waals surface area contributed by atoms with E-state index in [2.05, 4.69) is 74.8 Å². The third-order valence-electron chi connectivity index (χ3n) is 5.03. The van der Waals surface area contributed by atoms with E-state index < -0.39 is 0 Å². The molecule has 4 rings (SSSR count). The Morgan fingerprint density at radius 3 is 2.50 bits per heavy atom. The second kappa shape index (κ2) is 8.11. The number of aromatic nitrogens is 2. The van der Waals surface area contributed by atoms with Crippen molar-refractivity contribution in [2.24, 2.45) is 0 Å². The van der Waals surface area contributed by atoms with E-state index in [-0.39, 0.29) is 0 Å². The average molecular weight is 344 g/mol. The maximum absolute atomic E-state index is 4.28. The molecule has 1 aliphatic heterocycles. The Hall–Kier alpha value is -2.72. The fraction of sp³-hybridized carbons (Fsp3) is 0.273. The molecule has 132 valence electrons. The van der Waals surface area contributed by atoms with Crippen LogP contribution in [0, 0.1) is 0 Å². The molecule has 4 heteroatoms. The van der Waals surface area contributed by atoms with E-state index in [4.69, 9.17) is 0 Å². The molecular weight excluding hydrogens is 320 g/mol. The highest BCUT2D eigenvalue weighted by molar-refractivity contribution is 5.68. The summed E-state index contributed by atoms with van der Waals surface area (Å²) in [4.78, 5) is 10.7. The normalized spacial score (nSPS) is 15.2. The zero-order valence-corrected chi connectivity index (χ0v) is 14.9. The van der Waals surface area contributed by atoms with E-state index in [0.29, 0.717) is 6.04 Å². The summed E-state index contributed by atoms with van der Waals surface area (Å²) in [5.74, 6) is 0. The summed E-state index contributed by atoms with van der Waals surface area (Å²) in [5, 5.41) is 3.63. The van der Waals surface area contributed by atoms with Crippen molar-refractivity contribution in [1.29, 1.82) is 0 Å². The standard InChI is InChI=1S/C22H24N4/c1-2-5-18(6-3-1)19-7-4-8-22(15-19)26-13-10-20(11-14-26)24-16-21-9-12-23-17-25-21/h1-9,12,15,17,20,24H,10-11,13-14,16H2. The summed E-state index contributed by atoms with van der Waals surface area (Å²) < 4.78 is 0. The molecule has 1 N–H and O–H groups in total. The van der Waals surface area contributed by atoms with Gasteiger partial charge in [0.1, 0.15) is 6.33 Å². The van der Waals surface area contributed by atoms with Gasteiger partial charge in [-0.25, -0.2) is 9.97 Å². The monoisotopic (exact) mass is 344 g/mol. The lowest BCUT2D eigenvalue weighted by Gasteiger charge is -2.34. The molecule has 1 fully saturated rings. The molecule has 2 heterocycles. The fourth-order valence-corrected chi connectivity index (χ4v) is 3.53. The maximum atomic E-state index is 4.28. The van der Waals surface area contributed by atoms with Gasteiger partial charge in [-0.05, 0) is 42.2 Å². The highest BCUT2D eigenvalue weighted by Gasteiger charge is 2.19. The molecule has 0 radical (unpaired) electrons. The number of anilines is 1. The van der Waals surface area contributed by atoms with Crippen molar-refractivity contribution < 1.29 is 0 Å². The quantitative estimate of drug-likeness (QED) is 0.762. The second-order valence-electron chi connectivity index (χ2n) is 6.76. The first-order valence-corrected chi connectivity index (χ1v) is 9.27. The number of hydrogen-bond donors (Lipinski definition) is 1. The average Bonchev–Trinajstić information content (AvgIpc) is 2.74. The van der Waals surface area contributed by atoms with Crippen molar-refractivity contribution in [3.63, 3.8) is 0 Å². The molecule has 0 aliphatic carbocycles. The van der Waals surface area contributed by atoms with Crippen LogP contribution >= 0.6 is 0 Å². The van der Waals surface area contributed by atoms with Crippen molar-refractivity contribution in [2.45, 2.75) is 25.4 Å². The lowest BCUT2D eigenvalue weighted by Crippen LogP contribution is -2.42. The van der Waals surface area contributed by atoms with E-state index in [1.807, 2.05) is 6.07 Å². The van der Waals surface area contributed by atoms with Crippen molar-refractivity contribution in [3.05, 3.63) is 78.9 Å². The van der Waals surface area contributed by atoms with Gasteiger partial charge in [-0.1, -0.05) is 42.5 Å². The molecule has 3 aromatic rings. The lowest BCUT2D eigenvalue weighted by atomic mass is 10.0. The number of piperidine rings is 1. The van der Waals surface area contributed by atoms with E-state index in [0.717, 1.165) is 38.2 Å². The van der Waals surface area contributed by atoms with E-state index in [1.165, 1.54) is 16.8 Å². The number of nitrogens with zero attached hydrogens (tertiary/aromatic N) is 3. The van der Waals surface area contributed by atoms with Gasteiger partial charge < -0.3 is 10.2 Å². The van der Waals surface area contributed by atoms with Gasteiger partial charge in [0, 0.05) is 37.6 Å². The Labute approximate surface area is 154 Å². The van der Waals surface area contributed by atoms with Gasteiger partial charge in [0.15, 0.2) is 0 Å². The van der Waals surface area contributed by atoms with Crippen molar-refractivity contribution >= 4 is 5.69 Å². The van der Waals surface area contributed by atoms with Crippen LogP contribution in [0.5, 0.6) is 0 Å². The van der Waals surface area contributed by atoms with Gasteiger partial charge in [0.2, 0.25) is 0 Å². The highest BCUT2D eigenvalue weighted by Crippen LogP contribution is 2.26. The molecule has 1 aromatic heterocycles. The van der Waals surface area contributed by atoms with Crippen LogP contribution in [0.4, 0.5) is 5.69 Å². The minimum atomic E-state index is 0.554. The van der Waals surface area contributed by atoms with Crippen LogP contribution in [-0.2, 0) is 6.54 Å². The summed E-state index contributed by atoms with van der Waals surface area (Å²) in [7, 11) is 0. The third kappa shape index (κ3) is 4.09. The van der Waals surface area contributed by atoms with Crippen LogP contribution < -0.4 is 10.2 Å². The molecule has 4 nitrogen and oxygen atoms in total. The third-order valence-corrected chi connectivity index (χ3v) is 5.03. The zero-order valence-electron chi connectivity index (χ0n) is 14.9. The minimum absolute atomic E-state index is 0.554. The summed E-state index contributed by atoms with van der Waals surface area (Å²) >= 11 is 0. The molecule has 1 saturated heterocycles. The van der Waals surface area contributed by atoms with E-state index >= 15 is 0 Å². The molecule has 1 aliphatic rings. The van der Waals surface area contributed by atoms with Gasteiger partial charge >= 0.3 is 0 Å². The Balaban J connectivity index is 1.35. The molecule has 0 atom stereocenters. The van der Waals surface area contributed by atoms with Gasteiger partial charge in [-0.2, -0.15) is 0 Å². The van der Waals surface area contributed by atoms with Crippen LogP contribution in [0.15, 0.2) is 73.2 Å². The number of hydrogen-bond acceptors (Lipinski definition) is 4. The Bertz CT molecular complexity index is 812. The number of rotatable bonds is 5. The molecule has 2 aromatic carbocycles. The predicted molar refractivity (Wildman–Crippen MR) is 106 cm³/mol. The van der Waals surface area contributed by atoms with Gasteiger partial charge in [0.25, 0.3) is 0 Å². The molecule has 0 bridgehead atoms. The maximum Gasteiger partial charge on any atom is 0.115 e. The first kappa shape index (κ1) is 16.7. The van der Waals surface area contributed by atoms with Gasteiger partial charge in [0.05, 0.1) is 5.69 Å². The summed E-state index contributed by atoms with van der Waals surface area (Å²) in [6, 6.07) is 22.0. The molecule has 0 unspecified atom stereocenters. The number of nitrogens with one attached hydrogen (secondary N) is 1. The smallest absolute Gasteiger partial charge is 0.115 e. The summed E-state index contributed by atoms with van der Waals surface area (Å²) in [5.41, 5.74) is 4.93. The second-order valence-corrected chi connectivity index (χ2v) is 6.76.